The lowest BCUT2D eigenvalue weighted by Crippen LogP contribution is -2.53. The summed E-state index contributed by atoms with van der Waals surface area (Å²) in [6.07, 6.45) is -5.68. The molecule has 0 saturated carbocycles. The van der Waals surface area contributed by atoms with E-state index in [0.717, 1.165) is 0 Å². The summed E-state index contributed by atoms with van der Waals surface area (Å²) < 4.78 is 45.2. The fourth-order valence-electron chi connectivity index (χ4n) is 3.05. The second-order valence-electron chi connectivity index (χ2n) is 5.46. The smallest absolute Gasteiger partial charge is 0.399 e. The second-order valence-corrected chi connectivity index (χ2v) is 5.46. The fraction of sp³-hybridized carbons (Fsp3) is 0.467. The number of fused-ring (bicyclic) bond motifs is 1. The van der Waals surface area contributed by atoms with E-state index in [1.54, 1.807) is 0 Å². The zero-order valence-electron chi connectivity index (χ0n) is 12.6. The first-order chi connectivity index (χ1) is 11.1. The summed E-state index contributed by atoms with van der Waals surface area (Å²) in [5.74, 6) is -5.23. The number of halogens is 3. The van der Waals surface area contributed by atoms with Crippen LogP contribution in [0.2, 0.25) is 0 Å². The van der Waals surface area contributed by atoms with Crippen LogP contribution in [0.1, 0.15) is 22.8 Å². The van der Waals surface area contributed by atoms with Crippen molar-refractivity contribution in [3.63, 3.8) is 0 Å². The van der Waals surface area contributed by atoms with Gasteiger partial charge in [0, 0.05) is 10.5 Å². The van der Waals surface area contributed by atoms with Gasteiger partial charge in [-0.05, 0) is 18.9 Å². The zero-order chi connectivity index (χ0) is 18.1. The highest BCUT2D eigenvalue weighted by Gasteiger charge is 2.67. The predicted molar refractivity (Wildman–Crippen MR) is 74.9 cm³/mol. The summed E-state index contributed by atoms with van der Waals surface area (Å²) in [6, 6.07) is 5.70. The number of esters is 1. The maximum absolute atomic E-state index is 13.5. The number of nitro groups is 1. The number of ether oxygens (including phenoxy) is 1. The van der Waals surface area contributed by atoms with Crippen LogP contribution in [0.3, 0.4) is 0 Å². The molecule has 0 N–H and O–H groups in total. The van der Waals surface area contributed by atoms with Gasteiger partial charge in [-0.1, -0.05) is 24.3 Å². The van der Waals surface area contributed by atoms with Crippen LogP contribution in [0.4, 0.5) is 13.2 Å². The van der Waals surface area contributed by atoms with Crippen molar-refractivity contribution in [2.45, 2.75) is 19.5 Å². The summed E-state index contributed by atoms with van der Waals surface area (Å²) in [7, 11) is 0. The van der Waals surface area contributed by atoms with E-state index in [4.69, 9.17) is 4.74 Å². The van der Waals surface area contributed by atoms with Crippen molar-refractivity contribution in [3.05, 3.63) is 45.5 Å². The number of carbonyl (C=O) groups is 2. The van der Waals surface area contributed by atoms with E-state index >= 15 is 0 Å². The summed E-state index contributed by atoms with van der Waals surface area (Å²) in [5.41, 5.74) is -2.46. The summed E-state index contributed by atoms with van der Waals surface area (Å²) in [6.45, 7) is -0.441. The lowest BCUT2D eigenvalue weighted by atomic mass is 9.71. The molecule has 2 rings (SSSR count). The summed E-state index contributed by atoms with van der Waals surface area (Å²) in [5, 5.41) is 10.8. The first kappa shape index (κ1) is 17.9. The lowest BCUT2D eigenvalue weighted by Gasteiger charge is -2.32. The van der Waals surface area contributed by atoms with Crippen LogP contribution >= 0.6 is 0 Å². The number of carbonyl (C=O) groups excluding carboxylic acids is 2. The Balaban J connectivity index is 2.63. The number of benzene rings is 1. The minimum atomic E-state index is -5.11. The van der Waals surface area contributed by atoms with E-state index in [0.29, 0.717) is 0 Å². The average Bonchev–Trinajstić information content (AvgIpc) is 2.78. The van der Waals surface area contributed by atoms with Gasteiger partial charge >= 0.3 is 12.1 Å². The van der Waals surface area contributed by atoms with Crippen LogP contribution in [-0.2, 0) is 16.0 Å². The summed E-state index contributed by atoms with van der Waals surface area (Å²) >= 11 is 0. The number of hydrogen-bond donors (Lipinski definition) is 0. The Morgan fingerprint density at radius 3 is 2.54 bits per heavy atom. The number of nitrogens with zero attached hydrogens (tertiary/aromatic N) is 1. The first-order valence-electron chi connectivity index (χ1n) is 7.13. The normalized spacial score (nSPS) is 21.2. The Morgan fingerprint density at radius 2 is 2.04 bits per heavy atom. The van der Waals surface area contributed by atoms with Crippen molar-refractivity contribution in [2.24, 2.45) is 11.3 Å². The molecule has 1 aromatic rings. The van der Waals surface area contributed by atoms with Gasteiger partial charge in [0.05, 0.1) is 6.61 Å². The van der Waals surface area contributed by atoms with Crippen LogP contribution in [0.5, 0.6) is 0 Å². The molecule has 0 aliphatic heterocycles. The van der Waals surface area contributed by atoms with Gasteiger partial charge in [0.25, 0.3) is 0 Å². The molecule has 130 valence electrons. The van der Waals surface area contributed by atoms with E-state index in [2.05, 4.69) is 0 Å². The molecule has 1 aromatic carbocycles. The molecule has 0 amide bonds. The van der Waals surface area contributed by atoms with Crippen molar-refractivity contribution >= 4 is 11.8 Å². The highest BCUT2D eigenvalue weighted by Crippen LogP contribution is 2.49. The SMILES string of the molecule is CCOC(=O)[C@]1([C@H](C[N+](=O)[O-])C(F)(F)F)Cc2ccccc2C1=O. The molecule has 9 heteroatoms. The van der Waals surface area contributed by atoms with Gasteiger partial charge in [-0.2, -0.15) is 13.2 Å². The standard InChI is InChI=1S/C15H14F3NO5/c1-2-24-13(21)14(11(8-19(22)23)15(16,17)18)7-9-5-3-4-6-10(9)12(14)20/h3-6,11H,2,7-8H2,1H3/t11-,14-/m0/s1. The highest BCUT2D eigenvalue weighted by atomic mass is 19.4. The number of ketones is 1. The Kier molecular flexibility index (Phi) is 4.63. The Bertz CT molecular complexity index is 688. The molecule has 6 nitrogen and oxygen atoms in total. The molecule has 1 aliphatic carbocycles. The third kappa shape index (κ3) is 2.85. The maximum Gasteiger partial charge on any atom is 0.399 e. The Morgan fingerprint density at radius 1 is 1.42 bits per heavy atom. The largest absolute Gasteiger partial charge is 0.465 e. The molecule has 1 aliphatic rings. The van der Waals surface area contributed by atoms with Gasteiger partial charge in [0.1, 0.15) is 5.92 Å². The van der Waals surface area contributed by atoms with Crippen molar-refractivity contribution in [3.8, 4) is 0 Å². The molecule has 0 fully saturated rings. The molecule has 0 saturated heterocycles. The van der Waals surface area contributed by atoms with Crippen LogP contribution in [0.15, 0.2) is 24.3 Å². The van der Waals surface area contributed by atoms with Crippen LogP contribution in [0.25, 0.3) is 0 Å². The monoisotopic (exact) mass is 345 g/mol. The van der Waals surface area contributed by atoms with E-state index in [1.165, 1.54) is 31.2 Å². The van der Waals surface area contributed by atoms with E-state index < -0.39 is 47.2 Å². The number of rotatable bonds is 5. The molecule has 0 aromatic heterocycles. The molecular formula is C15H14F3NO5. The van der Waals surface area contributed by atoms with Gasteiger partial charge in [-0.25, -0.2) is 0 Å². The van der Waals surface area contributed by atoms with Gasteiger partial charge in [-0.15, -0.1) is 0 Å². The van der Waals surface area contributed by atoms with Gasteiger partial charge in [0.2, 0.25) is 6.54 Å². The quantitative estimate of drug-likeness (QED) is 0.354. The molecule has 0 radical (unpaired) electrons. The first-order valence-corrected chi connectivity index (χ1v) is 7.13. The minimum Gasteiger partial charge on any atom is -0.465 e. The van der Waals surface area contributed by atoms with Crippen LogP contribution < -0.4 is 0 Å². The molecule has 0 heterocycles. The Labute approximate surface area is 134 Å². The minimum absolute atomic E-state index is 0.0387. The van der Waals surface area contributed by atoms with E-state index in [9.17, 15) is 32.9 Å². The molecule has 2 atom stereocenters. The van der Waals surface area contributed by atoms with Gasteiger partial charge < -0.3 is 4.74 Å². The topological polar surface area (TPSA) is 86.5 Å². The Hall–Kier alpha value is -2.45. The molecular weight excluding hydrogens is 331 g/mol. The van der Waals surface area contributed by atoms with Crippen molar-refractivity contribution in [1.29, 1.82) is 0 Å². The van der Waals surface area contributed by atoms with Crippen LogP contribution in [-0.4, -0.2) is 36.0 Å². The van der Waals surface area contributed by atoms with E-state index in [1.807, 2.05) is 0 Å². The summed E-state index contributed by atoms with van der Waals surface area (Å²) in [4.78, 5) is 34.6. The number of hydrogen-bond acceptors (Lipinski definition) is 5. The predicted octanol–water partition coefficient (Wildman–Crippen LogP) is 2.43. The third-order valence-corrected chi connectivity index (χ3v) is 4.10. The average molecular weight is 345 g/mol. The third-order valence-electron chi connectivity index (χ3n) is 4.10. The lowest BCUT2D eigenvalue weighted by molar-refractivity contribution is -0.501. The highest BCUT2D eigenvalue weighted by molar-refractivity contribution is 6.16. The van der Waals surface area contributed by atoms with E-state index in [-0.39, 0.29) is 17.7 Å². The number of Topliss-reactive ketones (excluding diaryl/α,β-unsaturated/α-hetero) is 1. The second kappa shape index (κ2) is 6.21. The molecule has 0 unspecified atom stereocenters. The maximum atomic E-state index is 13.5. The van der Waals surface area contributed by atoms with Crippen molar-refractivity contribution in [1.82, 2.24) is 0 Å². The zero-order valence-corrected chi connectivity index (χ0v) is 12.6. The molecule has 0 bridgehead atoms. The van der Waals surface area contributed by atoms with Gasteiger partial charge in [-0.3, -0.25) is 19.7 Å². The number of alkyl halides is 3. The van der Waals surface area contributed by atoms with Crippen molar-refractivity contribution in [2.75, 3.05) is 13.2 Å². The molecule has 0 spiro atoms. The fourth-order valence-corrected chi connectivity index (χ4v) is 3.05. The van der Waals surface area contributed by atoms with Gasteiger partial charge in [0.15, 0.2) is 11.2 Å². The van der Waals surface area contributed by atoms with Crippen LogP contribution in [0, 0.1) is 21.4 Å². The van der Waals surface area contributed by atoms with Crippen molar-refractivity contribution < 1.29 is 32.4 Å². The molecule has 24 heavy (non-hydrogen) atoms.